The van der Waals surface area contributed by atoms with Gasteiger partial charge in [0, 0.05) is 18.0 Å². The minimum absolute atomic E-state index is 0.0244. The molecular formula is C13H24N2O. The average Bonchev–Trinajstić information content (AvgIpc) is 2.98. The van der Waals surface area contributed by atoms with Gasteiger partial charge in [-0.2, -0.15) is 0 Å². The van der Waals surface area contributed by atoms with Crippen LogP contribution in [0.2, 0.25) is 0 Å². The van der Waals surface area contributed by atoms with Gasteiger partial charge < -0.3 is 11.1 Å². The number of nitrogens with one attached hydrogen (secondary N) is 1. The third kappa shape index (κ3) is 2.10. The largest absolute Gasteiger partial charge is 0.353 e. The fourth-order valence-electron chi connectivity index (χ4n) is 2.85. The number of rotatable bonds is 2. The van der Waals surface area contributed by atoms with Crippen LogP contribution in [0.5, 0.6) is 0 Å². The van der Waals surface area contributed by atoms with E-state index in [0.29, 0.717) is 12.0 Å². The van der Waals surface area contributed by atoms with Gasteiger partial charge in [-0.25, -0.2) is 0 Å². The average molecular weight is 224 g/mol. The van der Waals surface area contributed by atoms with Gasteiger partial charge in [0.25, 0.3) is 0 Å². The van der Waals surface area contributed by atoms with Crippen LogP contribution in [0.15, 0.2) is 0 Å². The number of carbonyl (C=O) groups excluding carboxylic acids is 1. The van der Waals surface area contributed by atoms with E-state index >= 15 is 0 Å². The van der Waals surface area contributed by atoms with Gasteiger partial charge in [0.1, 0.15) is 0 Å². The lowest BCUT2D eigenvalue weighted by molar-refractivity contribution is -0.132. The molecule has 0 aromatic rings. The van der Waals surface area contributed by atoms with Gasteiger partial charge in [-0.3, -0.25) is 4.79 Å². The lowest BCUT2D eigenvalue weighted by atomic mass is 9.61. The van der Waals surface area contributed by atoms with Crippen LogP contribution >= 0.6 is 0 Å². The number of hydrogen-bond acceptors (Lipinski definition) is 2. The maximum atomic E-state index is 12.2. The summed E-state index contributed by atoms with van der Waals surface area (Å²) in [6.07, 6.45) is 4.24. The van der Waals surface area contributed by atoms with E-state index < -0.39 is 0 Å². The topological polar surface area (TPSA) is 55.1 Å². The van der Waals surface area contributed by atoms with E-state index in [2.05, 4.69) is 26.1 Å². The Morgan fingerprint density at radius 1 is 1.25 bits per heavy atom. The zero-order valence-electron chi connectivity index (χ0n) is 10.6. The van der Waals surface area contributed by atoms with Crippen LogP contribution in [-0.4, -0.2) is 18.0 Å². The Labute approximate surface area is 98.2 Å². The lowest BCUT2D eigenvalue weighted by Gasteiger charge is -2.46. The molecule has 3 N–H and O–H groups in total. The molecule has 2 rings (SSSR count). The number of nitrogens with two attached hydrogens (primary N) is 1. The van der Waals surface area contributed by atoms with Crippen molar-refractivity contribution in [3.8, 4) is 0 Å². The van der Waals surface area contributed by atoms with Gasteiger partial charge in [0.2, 0.25) is 5.91 Å². The predicted molar refractivity (Wildman–Crippen MR) is 64.8 cm³/mol. The minimum atomic E-state index is 0.0244. The highest BCUT2D eigenvalue weighted by atomic mass is 16.2. The Kier molecular flexibility index (Phi) is 2.99. The zero-order chi connectivity index (χ0) is 11.9. The molecule has 3 heteroatoms. The fourth-order valence-corrected chi connectivity index (χ4v) is 2.85. The summed E-state index contributed by atoms with van der Waals surface area (Å²) in [5.74, 6) is 0.811. The summed E-state index contributed by atoms with van der Waals surface area (Å²) >= 11 is 0. The molecule has 0 bridgehead atoms. The molecule has 3 unspecified atom stereocenters. The maximum Gasteiger partial charge on any atom is 0.223 e. The Bertz CT molecular complexity index is 284. The standard InChI is InChI=1S/C13H24N2O/c1-8-11(14)7-6-10(13(8,2)3)12(16)15-9-4-5-9/h8-11H,4-7,14H2,1-3H3,(H,15,16). The highest BCUT2D eigenvalue weighted by molar-refractivity contribution is 5.80. The van der Waals surface area contributed by atoms with E-state index in [1.807, 2.05) is 0 Å². The van der Waals surface area contributed by atoms with E-state index in [0.717, 1.165) is 25.7 Å². The van der Waals surface area contributed by atoms with Gasteiger partial charge in [0.05, 0.1) is 0 Å². The van der Waals surface area contributed by atoms with E-state index in [4.69, 9.17) is 5.73 Å². The fraction of sp³-hybridized carbons (Fsp3) is 0.923. The number of hydrogen-bond donors (Lipinski definition) is 2. The Balaban J connectivity index is 2.04. The predicted octanol–water partition coefficient (Wildman–Crippen LogP) is 1.66. The molecule has 3 atom stereocenters. The SMILES string of the molecule is CC1C(N)CCC(C(=O)NC2CC2)C1(C)C. The first-order valence-corrected chi connectivity index (χ1v) is 6.49. The molecule has 2 fully saturated rings. The molecule has 16 heavy (non-hydrogen) atoms. The second kappa shape index (κ2) is 4.02. The van der Waals surface area contributed by atoms with Crippen LogP contribution in [0.1, 0.15) is 46.5 Å². The summed E-state index contributed by atoms with van der Waals surface area (Å²) in [4.78, 5) is 12.2. The molecule has 0 saturated heterocycles. The highest BCUT2D eigenvalue weighted by Gasteiger charge is 2.45. The monoisotopic (exact) mass is 224 g/mol. The molecule has 92 valence electrons. The Morgan fingerprint density at radius 2 is 1.88 bits per heavy atom. The first-order chi connectivity index (χ1) is 7.43. The van der Waals surface area contributed by atoms with Crippen LogP contribution in [0.3, 0.4) is 0 Å². The van der Waals surface area contributed by atoms with Crippen LogP contribution in [0.4, 0.5) is 0 Å². The molecule has 0 radical (unpaired) electrons. The third-order valence-electron chi connectivity index (χ3n) is 4.74. The van der Waals surface area contributed by atoms with Crippen molar-refractivity contribution in [1.29, 1.82) is 0 Å². The van der Waals surface area contributed by atoms with Gasteiger partial charge >= 0.3 is 0 Å². The summed E-state index contributed by atoms with van der Waals surface area (Å²) in [5.41, 5.74) is 6.12. The van der Waals surface area contributed by atoms with Crippen LogP contribution < -0.4 is 11.1 Å². The Morgan fingerprint density at radius 3 is 2.44 bits per heavy atom. The first-order valence-electron chi connectivity index (χ1n) is 6.49. The van der Waals surface area contributed by atoms with Crippen molar-refractivity contribution >= 4 is 5.91 Å². The molecule has 2 aliphatic rings. The van der Waals surface area contributed by atoms with Gasteiger partial charge in [-0.05, 0) is 37.0 Å². The van der Waals surface area contributed by atoms with Crippen molar-refractivity contribution in [2.75, 3.05) is 0 Å². The molecule has 0 aromatic heterocycles. The molecule has 3 nitrogen and oxygen atoms in total. The lowest BCUT2D eigenvalue weighted by Crippen LogP contribution is -2.51. The highest BCUT2D eigenvalue weighted by Crippen LogP contribution is 2.44. The molecule has 2 saturated carbocycles. The molecule has 0 spiro atoms. The van der Waals surface area contributed by atoms with Crippen molar-refractivity contribution in [3.05, 3.63) is 0 Å². The summed E-state index contributed by atoms with van der Waals surface area (Å²) in [6, 6.07) is 0.717. The van der Waals surface area contributed by atoms with Crippen molar-refractivity contribution in [2.45, 2.75) is 58.5 Å². The summed E-state index contributed by atoms with van der Waals surface area (Å²) in [7, 11) is 0. The summed E-state index contributed by atoms with van der Waals surface area (Å²) in [5, 5.41) is 3.13. The molecule has 0 aliphatic heterocycles. The Hall–Kier alpha value is -0.570. The van der Waals surface area contributed by atoms with Crippen molar-refractivity contribution in [1.82, 2.24) is 5.32 Å². The molecule has 0 heterocycles. The van der Waals surface area contributed by atoms with E-state index in [1.165, 1.54) is 0 Å². The van der Waals surface area contributed by atoms with Crippen LogP contribution in [-0.2, 0) is 4.79 Å². The summed E-state index contributed by atoms with van der Waals surface area (Å²) in [6.45, 7) is 6.56. The van der Waals surface area contributed by atoms with Gasteiger partial charge in [-0.15, -0.1) is 0 Å². The molecule has 0 aromatic carbocycles. The van der Waals surface area contributed by atoms with Crippen molar-refractivity contribution in [3.63, 3.8) is 0 Å². The molecular weight excluding hydrogens is 200 g/mol. The summed E-state index contributed by atoms with van der Waals surface area (Å²) < 4.78 is 0. The third-order valence-corrected chi connectivity index (χ3v) is 4.74. The normalized spacial score (nSPS) is 38.1. The zero-order valence-corrected chi connectivity index (χ0v) is 10.6. The van der Waals surface area contributed by atoms with E-state index in [9.17, 15) is 4.79 Å². The van der Waals surface area contributed by atoms with E-state index in [1.54, 1.807) is 0 Å². The quantitative estimate of drug-likeness (QED) is 0.749. The number of amides is 1. The maximum absolute atomic E-state index is 12.2. The number of carbonyl (C=O) groups is 1. The molecule has 1 amide bonds. The van der Waals surface area contributed by atoms with Crippen molar-refractivity contribution in [2.24, 2.45) is 23.0 Å². The van der Waals surface area contributed by atoms with E-state index in [-0.39, 0.29) is 23.3 Å². The second-order valence-electron chi connectivity index (χ2n) is 6.19. The van der Waals surface area contributed by atoms with Gasteiger partial charge in [0.15, 0.2) is 0 Å². The van der Waals surface area contributed by atoms with Gasteiger partial charge in [-0.1, -0.05) is 20.8 Å². The van der Waals surface area contributed by atoms with Crippen molar-refractivity contribution < 1.29 is 4.79 Å². The minimum Gasteiger partial charge on any atom is -0.353 e. The molecule has 2 aliphatic carbocycles. The second-order valence-corrected chi connectivity index (χ2v) is 6.19. The first kappa shape index (κ1) is 11.9. The van der Waals surface area contributed by atoms with Crippen LogP contribution in [0.25, 0.3) is 0 Å². The van der Waals surface area contributed by atoms with Crippen LogP contribution in [0, 0.1) is 17.3 Å². The smallest absolute Gasteiger partial charge is 0.223 e.